The van der Waals surface area contributed by atoms with Gasteiger partial charge in [-0.1, -0.05) is 0 Å². The third kappa shape index (κ3) is 120. The van der Waals surface area contributed by atoms with Gasteiger partial charge in [-0.25, -0.2) is 0 Å². The first-order valence-electron chi connectivity index (χ1n) is 7.47. The molecule has 248 valence electrons. The number of hydrogen-bond acceptors (Lipinski definition) is 28. The van der Waals surface area contributed by atoms with Crippen LogP contribution in [0.1, 0.15) is 0 Å². The summed E-state index contributed by atoms with van der Waals surface area (Å²) in [4.78, 5) is 125. The molecule has 0 aromatic carbocycles. The van der Waals surface area contributed by atoms with Crippen LogP contribution >= 0.6 is 0 Å². The van der Waals surface area contributed by atoms with Gasteiger partial charge in [-0.05, 0) is 0 Å². The fourth-order valence-electron chi connectivity index (χ4n) is 0. The standard InChI is InChI=1S/7C2H2O4.2La.2Mn.2Sr/c7*3-1(4)2(5)6;;;;;;/h7*(H,3,4)(H,5,6);;;;;;/q;;;;;;;2*+3;4*+2/p-14. The summed E-state index contributed by atoms with van der Waals surface area (Å²) < 4.78 is 0. The molecule has 48 heavy (non-hydrogen) atoms. The normalized spacial score (nSPS) is 6.42. The third-order valence-electron chi connectivity index (χ3n) is 1.17. The molecule has 0 saturated heterocycles. The molecule has 2 radical (unpaired) electrons. The minimum atomic E-state index is -2.19. The minimum Gasteiger partial charge on any atom is -0.543 e. The van der Waals surface area contributed by atoms with Crippen LogP contribution in [0.4, 0.5) is 0 Å². The van der Waals surface area contributed by atoms with Crippen molar-refractivity contribution >= 4 is 175 Å². The molecule has 0 aromatic rings. The first kappa shape index (κ1) is 86.0. The van der Waals surface area contributed by atoms with E-state index in [-0.39, 0.29) is 196 Å². The van der Waals surface area contributed by atoms with Crippen molar-refractivity contribution in [2.24, 2.45) is 0 Å². The van der Waals surface area contributed by atoms with E-state index < -0.39 is 83.6 Å². The quantitative estimate of drug-likeness (QED) is 0.160. The maximum atomic E-state index is 8.93. The SMILES string of the molecule is O=C([O-])C(=O)[O-].O=C([O-])C(=O)[O-].O=C([O-])C(=O)[O-].O=C([O-])C(=O)[O-].O=C([O-])C(=O)[O-].O=C([O-])C(=O)[O-].O=C([O-])C(=O)[O-].[La+3].[La+3].[Mn+2].[Mn+2].[Sr+2].[Sr+2]. The topological polar surface area (TPSA) is 562 Å². The predicted molar refractivity (Wildman–Crippen MR) is 81.6 cm³/mol. The summed E-state index contributed by atoms with van der Waals surface area (Å²) in [6.45, 7) is 0. The van der Waals surface area contributed by atoms with Crippen LogP contribution < -0.4 is 71.5 Å². The Balaban J connectivity index is -0.0000000265. The van der Waals surface area contributed by atoms with Crippen molar-refractivity contribution in [2.45, 2.75) is 0 Å². The van der Waals surface area contributed by atoms with Crippen molar-refractivity contribution in [1.29, 1.82) is 0 Å². The molecule has 0 unspecified atom stereocenters. The molecule has 0 amide bonds. The van der Waals surface area contributed by atoms with E-state index in [4.69, 9.17) is 139 Å². The van der Waals surface area contributed by atoms with Gasteiger partial charge in [0.05, 0.1) is 83.6 Å². The zero-order valence-corrected chi connectivity index (χ0v) is 38.3. The van der Waals surface area contributed by atoms with Gasteiger partial charge in [-0.2, -0.15) is 0 Å². The van der Waals surface area contributed by atoms with Gasteiger partial charge in [0.25, 0.3) is 0 Å². The van der Waals surface area contributed by atoms with E-state index in [1.165, 1.54) is 0 Å². The second kappa shape index (κ2) is 55.4. The number of carboxylic acids is 14. The number of carboxylic acid groups (broad SMARTS) is 14. The zero-order valence-electron chi connectivity index (χ0n) is 21.8. The van der Waals surface area contributed by atoms with Crippen molar-refractivity contribution in [1.82, 2.24) is 0 Å². The van der Waals surface area contributed by atoms with Crippen molar-refractivity contribution in [2.75, 3.05) is 0 Å². The van der Waals surface area contributed by atoms with Gasteiger partial charge in [0, 0.05) is 0 Å². The zero-order chi connectivity index (χ0) is 36.1. The van der Waals surface area contributed by atoms with E-state index >= 15 is 0 Å². The van der Waals surface area contributed by atoms with E-state index in [0.717, 1.165) is 0 Å². The Hall–Kier alpha value is -1.03. The summed E-state index contributed by atoms with van der Waals surface area (Å²) in [5, 5.41) is 125. The predicted octanol–water partition coefficient (Wildman–Crippen LogP) is -25.4. The second-order valence-corrected chi connectivity index (χ2v) is 4.02. The fraction of sp³-hybridized carbons (Fsp3) is 0. The molecule has 0 rings (SSSR count). The van der Waals surface area contributed by atoms with Gasteiger partial charge >= 0.3 is 196 Å². The summed E-state index contributed by atoms with van der Waals surface area (Å²) in [5.41, 5.74) is 0. The summed E-state index contributed by atoms with van der Waals surface area (Å²) >= 11 is 0. The number of aliphatic carboxylic acids is 14. The molecule has 0 aliphatic carbocycles. The van der Waals surface area contributed by atoms with Gasteiger partial charge in [0.1, 0.15) is 0 Å². The van der Waals surface area contributed by atoms with Crippen molar-refractivity contribution in [3.05, 3.63) is 0 Å². The van der Waals surface area contributed by atoms with Crippen LogP contribution in [-0.2, 0) is 101 Å². The molecule has 0 fully saturated rings. The summed E-state index contributed by atoms with van der Waals surface area (Å²) in [6.07, 6.45) is 0. The molecule has 0 bridgehead atoms. The number of carbonyl (C=O) groups is 14. The Morgan fingerprint density at radius 2 is 0.208 bits per heavy atom. The van der Waals surface area contributed by atoms with Gasteiger partial charge in [-0.3, -0.25) is 0 Å². The van der Waals surface area contributed by atoms with E-state index in [1.807, 2.05) is 0 Å². The van der Waals surface area contributed by atoms with Crippen molar-refractivity contribution < 1.29 is 244 Å². The Morgan fingerprint density at radius 1 is 0.188 bits per heavy atom. The molecule has 0 aliphatic heterocycles. The van der Waals surface area contributed by atoms with Gasteiger partial charge in [-0.15, -0.1) is 0 Å². The molecule has 28 nitrogen and oxygen atoms in total. The van der Waals surface area contributed by atoms with Gasteiger partial charge < -0.3 is 139 Å². The maximum absolute atomic E-state index is 8.93. The monoisotopic (exact) mass is 1180 g/mol. The summed E-state index contributed by atoms with van der Waals surface area (Å²) in [7, 11) is 0. The van der Waals surface area contributed by atoms with Crippen LogP contribution in [0, 0.1) is 71.2 Å². The fourth-order valence-corrected chi connectivity index (χ4v) is 0. The molecular weight excluding hydrogens is 1180 g/mol. The summed E-state index contributed by atoms with van der Waals surface area (Å²) in [5.74, 6) is -30.6. The molecule has 0 saturated carbocycles. The van der Waals surface area contributed by atoms with Crippen LogP contribution in [-0.4, -0.2) is 175 Å². The van der Waals surface area contributed by atoms with Crippen LogP contribution in [0.5, 0.6) is 0 Å². The van der Waals surface area contributed by atoms with Crippen LogP contribution in [0.3, 0.4) is 0 Å². The molecular formula is C14La2Mn2O28Sr2. The molecule has 0 aromatic heterocycles. The molecule has 34 heteroatoms. The minimum absolute atomic E-state index is 0. The van der Waals surface area contributed by atoms with Crippen molar-refractivity contribution in [3.8, 4) is 0 Å². The van der Waals surface area contributed by atoms with Crippen LogP contribution in [0.2, 0.25) is 0 Å². The molecule has 0 aliphatic rings. The van der Waals surface area contributed by atoms with Gasteiger partial charge in [0.2, 0.25) is 0 Å². The molecule has 0 spiro atoms. The first-order chi connectivity index (χ1) is 18.5. The van der Waals surface area contributed by atoms with E-state index in [0.29, 0.717) is 0 Å². The number of hydrogen-bond donors (Lipinski definition) is 0. The maximum Gasteiger partial charge on any atom is 3.00 e. The van der Waals surface area contributed by atoms with Gasteiger partial charge in [0.15, 0.2) is 0 Å². The van der Waals surface area contributed by atoms with E-state index in [9.17, 15) is 0 Å². The average molecular weight is 1180 g/mol. The average Bonchev–Trinajstić information content (AvgIpc) is 2.80. The van der Waals surface area contributed by atoms with Crippen LogP contribution in [0.25, 0.3) is 0 Å². The Bertz CT molecular complexity index is 772. The first-order valence-corrected chi connectivity index (χ1v) is 7.47. The third-order valence-corrected chi connectivity index (χ3v) is 1.17. The molecule has 0 atom stereocenters. The smallest absolute Gasteiger partial charge is 0.543 e. The van der Waals surface area contributed by atoms with E-state index in [2.05, 4.69) is 0 Å². The summed E-state index contributed by atoms with van der Waals surface area (Å²) in [6, 6.07) is 0. The Labute approximate surface area is 411 Å². The Morgan fingerprint density at radius 3 is 0.208 bits per heavy atom. The molecule has 0 heterocycles. The molecule has 0 N–H and O–H groups in total. The van der Waals surface area contributed by atoms with Crippen molar-refractivity contribution in [3.63, 3.8) is 0 Å². The largest absolute Gasteiger partial charge is 3.00 e. The van der Waals surface area contributed by atoms with Crippen LogP contribution in [0.15, 0.2) is 0 Å². The number of rotatable bonds is 0. The second-order valence-electron chi connectivity index (χ2n) is 4.02. The number of carbonyl (C=O) groups excluding carboxylic acids is 14. The van der Waals surface area contributed by atoms with E-state index in [1.54, 1.807) is 0 Å². The Kier molecular flexibility index (Phi) is 99.2.